The van der Waals surface area contributed by atoms with Crippen LogP contribution in [0.4, 0.5) is 0 Å². The molecule has 0 saturated carbocycles. The van der Waals surface area contributed by atoms with Gasteiger partial charge in [0.15, 0.2) is 5.52 Å². The van der Waals surface area contributed by atoms with Crippen LogP contribution in [0.2, 0.25) is 10.0 Å². The van der Waals surface area contributed by atoms with E-state index in [1.807, 2.05) is 0 Å². The number of hydrogen-bond donors (Lipinski definition) is 0. The number of carbonyl (C=O) groups is 1. The van der Waals surface area contributed by atoms with E-state index in [9.17, 15) is 4.79 Å². The number of carbonyl (C=O) groups excluding carboxylic acids is 1. The van der Waals surface area contributed by atoms with Crippen molar-refractivity contribution in [3.05, 3.63) is 63.1 Å². The molecule has 0 aromatic heterocycles. The normalized spacial score (nSPS) is 11.3. The van der Waals surface area contributed by atoms with Crippen LogP contribution in [-0.2, 0) is 0 Å². The van der Waals surface area contributed by atoms with Crippen molar-refractivity contribution in [1.29, 1.82) is 0 Å². The van der Waals surface area contributed by atoms with Gasteiger partial charge in [-0.25, -0.2) is 0 Å². The largest absolute Gasteiger partial charge is 1.00 e. The third-order valence-electron chi connectivity index (χ3n) is 3.80. The van der Waals surface area contributed by atoms with E-state index in [1.54, 1.807) is 18.2 Å². The van der Waals surface area contributed by atoms with Crippen molar-refractivity contribution < 1.29 is 25.1 Å². The zero-order chi connectivity index (χ0) is 17.1. The van der Waals surface area contributed by atoms with Gasteiger partial charge in [-0.15, -0.1) is 0 Å². The summed E-state index contributed by atoms with van der Waals surface area (Å²) in [5.74, 6) is 0.798. The van der Waals surface area contributed by atoms with Crippen molar-refractivity contribution in [3.8, 4) is 0 Å². The summed E-state index contributed by atoms with van der Waals surface area (Å²) in [6, 6.07) is 11.6. The van der Waals surface area contributed by atoms with E-state index in [-0.39, 0.29) is 34.4 Å². The van der Waals surface area contributed by atoms with Crippen molar-refractivity contribution >= 4 is 42.6 Å². The van der Waals surface area contributed by atoms with E-state index in [0.29, 0.717) is 27.4 Å². The molecule has 0 saturated heterocycles. The SMILES string of the molecule is CC(C)c1ccc(C(C)C)c(PC(=O)c2c(Cl)cccc2Cl)c1.[H-].[Li+]. The first-order valence-corrected chi connectivity index (χ1v) is 9.46. The van der Waals surface area contributed by atoms with Crippen LogP contribution in [0.15, 0.2) is 36.4 Å². The van der Waals surface area contributed by atoms with Crippen molar-refractivity contribution in [3.63, 3.8) is 0 Å². The summed E-state index contributed by atoms with van der Waals surface area (Å²) in [6.45, 7) is 8.60. The van der Waals surface area contributed by atoms with Crippen molar-refractivity contribution in [2.24, 2.45) is 0 Å². The maximum Gasteiger partial charge on any atom is 1.00 e. The quantitative estimate of drug-likeness (QED) is 0.578. The van der Waals surface area contributed by atoms with Gasteiger partial charge >= 0.3 is 18.9 Å². The maximum atomic E-state index is 12.8. The van der Waals surface area contributed by atoms with Crippen molar-refractivity contribution in [1.82, 2.24) is 0 Å². The summed E-state index contributed by atoms with van der Waals surface area (Å²) in [6.07, 6.45) is 0. The Labute approximate surface area is 170 Å². The van der Waals surface area contributed by atoms with Crippen LogP contribution in [0.3, 0.4) is 0 Å². The molecule has 1 nitrogen and oxygen atoms in total. The van der Waals surface area contributed by atoms with Gasteiger partial charge in [0.25, 0.3) is 0 Å². The number of halogens is 2. The van der Waals surface area contributed by atoms with Crippen LogP contribution < -0.4 is 24.2 Å². The fraction of sp³-hybridized carbons (Fsp3) is 0.316. The predicted molar refractivity (Wildman–Crippen MR) is 104 cm³/mol. The first-order chi connectivity index (χ1) is 10.8. The number of hydrogen-bond acceptors (Lipinski definition) is 1. The molecule has 0 amide bonds. The molecule has 0 fully saturated rings. The van der Waals surface area contributed by atoms with Gasteiger partial charge in [-0.3, -0.25) is 4.79 Å². The molecule has 1 atom stereocenters. The van der Waals surface area contributed by atoms with Crippen LogP contribution in [-0.4, -0.2) is 5.52 Å². The second kappa shape index (κ2) is 9.42. The molecule has 2 aromatic rings. The second-order valence-corrected chi connectivity index (χ2v) is 8.26. The molecule has 0 aliphatic carbocycles. The Kier molecular flexibility index (Phi) is 8.54. The Morgan fingerprint density at radius 1 is 1.00 bits per heavy atom. The fourth-order valence-corrected chi connectivity index (χ4v) is 4.57. The van der Waals surface area contributed by atoms with E-state index in [2.05, 4.69) is 45.9 Å². The Morgan fingerprint density at radius 3 is 2.08 bits per heavy atom. The molecule has 0 aliphatic rings. The Morgan fingerprint density at radius 2 is 1.58 bits per heavy atom. The second-order valence-electron chi connectivity index (χ2n) is 6.21. The molecule has 0 aliphatic heterocycles. The van der Waals surface area contributed by atoms with Gasteiger partial charge in [0.1, 0.15) is 0 Å². The Hall–Kier alpha value is -0.283. The van der Waals surface area contributed by atoms with Gasteiger partial charge in [0, 0.05) is 0 Å². The molecule has 2 rings (SSSR count). The number of rotatable bonds is 5. The van der Waals surface area contributed by atoms with E-state index in [0.717, 1.165) is 5.30 Å². The molecule has 0 radical (unpaired) electrons. The molecule has 0 heterocycles. The first-order valence-electron chi connectivity index (χ1n) is 7.70. The van der Waals surface area contributed by atoms with Crippen LogP contribution in [0.25, 0.3) is 0 Å². The topological polar surface area (TPSA) is 17.1 Å². The molecular formula is C19H22Cl2LiOP. The molecule has 24 heavy (non-hydrogen) atoms. The molecule has 1 unspecified atom stereocenters. The third kappa shape index (κ3) is 5.11. The van der Waals surface area contributed by atoms with Gasteiger partial charge in [0.05, 0.1) is 15.6 Å². The molecule has 0 N–H and O–H groups in total. The van der Waals surface area contributed by atoms with Crippen LogP contribution in [0.1, 0.15) is 62.4 Å². The smallest absolute Gasteiger partial charge is 1.00 e. The van der Waals surface area contributed by atoms with Gasteiger partial charge in [-0.05, 0) is 49.0 Å². The molecule has 2 aromatic carbocycles. The first kappa shape index (κ1) is 21.8. The third-order valence-corrected chi connectivity index (χ3v) is 5.61. The van der Waals surface area contributed by atoms with Crippen LogP contribution in [0, 0.1) is 0 Å². The number of benzene rings is 2. The predicted octanol–water partition coefficient (Wildman–Crippen LogP) is 3.50. The molecule has 124 valence electrons. The van der Waals surface area contributed by atoms with E-state index in [1.165, 1.54) is 11.1 Å². The molecule has 0 bridgehead atoms. The van der Waals surface area contributed by atoms with E-state index >= 15 is 0 Å². The Balaban J connectivity index is 0.00000288. The monoisotopic (exact) mass is 374 g/mol. The molecular weight excluding hydrogens is 353 g/mol. The minimum atomic E-state index is -0.0107. The van der Waals surface area contributed by atoms with Crippen LogP contribution in [0.5, 0.6) is 0 Å². The fourth-order valence-electron chi connectivity index (χ4n) is 2.44. The van der Waals surface area contributed by atoms with E-state index < -0.39 is 0 Å². The minimum Gasteiger partial charge on any atom is -1.00 e. The maximum absolute atomic E-state index is 12.8. The summed E-state index contributed by atoms with van der Waals surface area (Å²) < 4.78 is 0. The molecule has 0 spiro atoms. The van der Waals surface area contributed by atoms with Gasteiger partial charge in [0.2, 0.25) is 0 Å². The minimum absolute atomic E-state index is 0. The van der Waals surface area contributed by atoms with Crippen molar-refractivity contribution in [2.75, 3.05) is 0 Å². The Bertz CT molecular complexity index is 715. The van der Waals surface area contributed by atoms with Gasteiger partial charge in [-0.2, -0.15) is 0 Å². The van der Waals surface area contributed by atoms with Crippen LogP contribution >= 0.6 is 31.8 Å². The van der Waals surface area contributed by atoms with Gasteiger partial charge < -0.3 is 1.43 Å². The molecule has 5 heteroatoms. The van der Waals surface area contributed by atoms with Gasteiger partial charge in [-0.1, -0.05) is 75.2 Å². The zero-order valence-corrected chi connectivity index (χ0v) is 17.3. The summed E-state index contributed by atoms with van der Waals surface area (Å²) in [7, 11) is 0.0214. The standard InChI is InChI=1S/C19H21Cl2OP.Li.H/c1-11(2)13-8-9-14(12(3)4)17(10-13)23-19(22)18-15(20)6-5-7-16(18)21;;/h5-12,23H,1-4H3;;/q;+1;-1. The van der Waals surface area contributed by atoms with Crippen molar-refractivity contribution in [2.45, 2.75) is 39.5 Å². The summed E-state index contributed by atoms with van der Waals surface area (Å²) >= 11 is 12.3. The summed E-state index contributed by atoms with van der Waals surface area (Å²) in [5, 5.41) is 1.93. The average molecular weight is 375 g/mol. The van der Waals surface area contributed by atoms with E-state index in [4.69, 9.17) is 23.2 Å². The summed E-state index contributed by atoms with van der Waals surface area (Å²) in [5.41, 5.74) is 2.88. The zero-order valence-electron chi connectivity index (χ0n) is 15.8. The summed E-state index contributed by atoms with van der Waals surface area (Å²) in [4.78, 5) is 12.8. The average Bonchev–Trinajstić information content (AvgIpc) is 2.46.